The Hall–Kier alpha value is -3.73. The lowest BCUT2D eigenvalue weighted by molar-refractivity contribution is -0.384. The van der Waals surface area contributed by atoms with Crippen LogP contribution in [0.1, 0.15) is 29.6 Å². The standard InChI is InChI=1S/C20H19ClN4O7/c21-15-11-14(24(28)29)5-6-16(15)22-19(26)12-32-20(27)13-4-7-17(18(10-13)25(30)31)23-8-2-1-3-9-23/h4-7,10-11H,1-3,8-9,12H2,(H,22,26). The zero-order chi connectivity index (χ0) is 23.3. The molecule has 11 nitrogen and oxygen atoms in total. The number of non-ortho nitro benzene ring substituents is 1. The lowest BCUT2D eigenvalue weighted by Gasteiger charge is -2.28. The minimum atomic E-state index is -0.900. The van der Waals surface area contributed by atoms with Crippen molar-refractivity contribution in [1.82, 2.24) is 0 Å². The van der Waals surface area contributed by atoms with Crippen molar-refractivity contribution in [2.45, 2.75) is 19.3 Å². The van der Waals surface area contributed by atoms with E-state index in [9.17, 15) is 29.8 Å². The first-order valence-corrected chi connectivity index (χ1v) is 10.1. The maximum atomic E-state index is 12.3. The average molecular weight is 463 g/mol. The Labute approximate surface area is 187 Å². The Morgan fingerprint density at radius 1 is 1.03 bits per heavy atom. The third kappa shape index (κ3) is 5.49. The molecule has 1 N–H and O–H groups in total. The summed E-state index contributed by atoms with van der Waals surface area (Å²) in [4.78, 5) is 47.4. The zero-order valence-electron chi connectivity index (χ0n) is 16.8. The molecule has 0 saturated carbocycles. The van der Waals surface area contributed by atoms with Crippen LogP contribution in [0.25, 0.3) is 0 Å². The maximum absolute atomic E-state index is 12.3. The number of carbonyl (C=O) groups is 2. The van der Waals surface area contributed by atoms with Crippen LogP contribution in [0, 0.1) is 20.2 Å². The third-order valence-electron chi connectivity index (χ3n) is 4.88. The van der Waals surface area contributed by atoms with Crippen LogP contribution in [-0.2, 0) is 9.53 Å². The van der Waals surface area contributed by atoms with Crippen LogP contribution < -0.4 is 10.2 Å². The lowest BCUT2D eigenvalue weighted by atomic mass is 10.1. The summed E-state index contributed by atoms with van der Waals surface area (Å²) in [5, 5.41) is 24.6. The molecule has 2 aromatic rings. The fraction of sp³-hybridized carbons (Fsp3) is 0.300. The smallest absolute Gasteiger partial charge is 0.338 e. The van der Waals surface area contributed by atoms with E-state index in [1.54, 1.807) is 0 Å². The zero-order valence-corrected chi connectivity index (χ0v) is 17.5. The van der Waals surface area contributed by atoms with Gasteiger partial charge in [-0.1, -0.05) is 11.6 Å². The number of nitro benzene ring substituents is 2. The van der Waals surface area contributed by atoms with Gasteiger partial charge in [0, 0.05) is 31.3 Å². The van der Waals surface area contributed by atoms with Crippen LogP contribution in [0.2, 0.25) is 5.02 Å². The summed E-state index contributed by atoms with van der Waals surface area (Å²) >= 11 is 5.91. The average Bonchev–Trinajstić information content (AvgIpc) is 2.78. The molecule has 12 heteroatoms. The molecule has 1 fully saturated rings. The molecule has 0 aromatic heterocycles. The number of piperidine rings is 1. The highest BCUT2D eigenvalue weighted by Crippen LogP contribution is 2.31. The molecule has 1 heterocycles. The molecule has 0 atom stereocenters. The molecule has 2 aromatic carbocycles. The minimum Gasteiger partial charge on any atom is -0.452 e. The van der Waals surface area contributed by atoms with E-state index in [4.69, 9.17) is 16.3 Å². The molecular weight excluding hydrogens is 444 g/mol. The van der Waals surface area contributed by atoms with E-state index in [2.05, 4.69) is 5.32 Å². The van der Waals surface area contributed by atoms with Gasteiger partial charge in [-0.05, 0) is 37.5 Å². The number of hydrogen-bond acceptors (Lipinski definition) is 8. The van der Waals surface area contributed by atoms with Gasteiger partial charge < -0.3 is 15.0 Å². The molecule has 0 unspecified atom stereocenters. The van der Waals surface area contributed by atoms with Crippen LogP contribution in [-0.4, -0.2) is 41.4 Å². The summed E-state index contributed by atoms with van der Waals surface area (Å²) in [6, 6.07) is 7.56. The number of nitro groups is 2. The van der Waals surface area contributed by atoms with Gasteiger partial charge in [-0.3, -0.25) is 25.0 Å². The molecule has 168 valence electrons. The van der Waals surface area contributed by atoms with Crippen molar-refractivity contribution >= 4 is 46.2 Å². The molecule has 1 saturated heterocycles. The minimum absolute atomic E-state index is 0.0530. The maximum Gasteiger partial charge on any atom is 0.338 e. The predicted octanol–water partition coefficient (Wildman–Crippen LogP) is 3.94. The summed E-state index contributed by atoms with van der Waals surface area (Å²) in [5.41, 5.74) is 0.0488. The molecule has 32 heavy (non-hydrogen) atoms. The highest BCUT2D eigenvalue weighted by Gasteiger charge is 2.24. The summed E-state index contributed by atoms with van der Waals surface area (Å²) < 4.78 is 4.95. The Balaban J connectivity index is 1.64. The SMILES string of the molecule is O=C(COC(=O)c1ccc(N2CCCCC2)c([N+](=O)[O-])c1)Nc1ccc([N+](=O)[O-])cc1Cl. The molecule has 1 aliphatic heterocycles. The summed E-state index contributed by atoms with van der Waals surface area (Å²) in [6.45, 7) is 0.736. The van der Waals surface area contributed by atoms with Crippen LogP contribution in [0.3, 0.4) is 0 Å². The summed E-state index contributed by atoms with van der Waals surface area (Å²) in [6.07, 6.45) is 2.95. The number of ether oxygens (including phenoxy) is 1. The van der Waals surface area contributed by atoms with Crippen molar-refractivity contribution in [3.8, 4) is 0 Å². The van der Waals surface area contributed by atoms with Gasteiger partial charge in [-0.25, -0.2) is 4.79 Å². The Bertz CT molecular complexity index is 1070. The molecule has 1 aliphatic rings. The first-order valence-electron chi connectivity index (χ1n) is 9.70. The largest absolute Gasteiger partial charge is 0.452 e. The van der Waals surface area contributed by atoms with Crippen LogP contribution >= 0.6 is 11.6 Å². The molecule has 0 radical (unpaired) electrons. The Morgan fingerprint density at radius 3 is 2.38 bits per heavy atom. The van der Waals surface area contributed by atoms with Crippen LogP contribution in [0.4, 0.5) is 22.7 Å². The van der Waals surface area contributed by atoms with Crippen molar-refractivity contribution in [3.05, 3.63) is 67.2 Å². The van der Waals surface area contributed by atoms with Gasteiger partial charge in [0.05, 0.1) is 26.1 Å². The normalized spacial score (nSPS) is 13.3. The van der Waals surface area contributed by atoms with E-state index in [1.807, 2.05) is 4.90 Å². The molecule has 0 aliphatic carbocycles. The Kier molecular flexibility index (Phi) is 7.21. The fourth-order valence-corrected chi connectivity index (χ4v) is 3.54. The topological polar surface area (TPSA) is 145 Å². The van der Waals surface area contributed by atoms with Crippen molar-refractivity contribution in [1.29, 1.82) is 0 Å². The van der Waals surface area contributed by atoms with E-state index >= 15 is 0 Å². The van der Waals surface area contributed by atoms with E-state index in [-0.39, 0.29) is 27.6 Å². The van der Waals surface area contributed by atoms with E-state index in [1.165, 1.54) is 18.2 Å². The number of nitrogens with one attached hydrogen (secondary N) is 1. The third-order valence-corrected chi connectivity index (χ3v) is 5.19. The van der Waals surface area contributed by atoms with E-state index < -0.39 is 28.3 Å². The number of amides is 1. The second-order valence-corrected chi connectivity index (χ2v) is 7.46. The number of rotatable bonds is 7. The first kappa shape index (κ1) is 22.9. The Morgan fingerprint density at radius 2 is 1.75 bits per heavy atom. The number of anilines is 2. The molecule has 0 bridgehead atoms. The van der Waals surface area contributed by atoms with E-state index in [0.29, 0.717) is 18.8 Å². The number of benzene rings is 2. The summed E-state index contributed by atoms with van der Waals surface area (Å²) in [7, 11) is 0. The van der Waals surface area contributed by atoms with Crippen molar-refractivity contribution in [3.63, 3.8) is 0 Å². The number of hydrogen-bond donors (Lipinski definition) is 1. The van der Waals surface area contributed by atoms with Crippen molar-refractivity contribution in [2.24, 2.45) is 0 Å². The second kappa shape index (κ2) is 10.1. The predicted molar refractivity (Wildman–Crippen MR) is 116 cm³/mol. The van der Waals surface area contributed by atoms with Crippen molar-refractivity contribution < 1.29 is 24.2 Å². The van der Waals surface area contributed by atoms with Gasteiger partial charge in [0.25, 0.3) is 17.3 Å². The molecule has 3 rings (SSSR count). The van der Waals surface area contributed by atoms with Crippen LogP contribution in [0.15, 0.2) is 36.4 Å². The van der Waals surface area contributed by atoms with E-state index in [0.717, 1.165) is 37.5 Å². The van der Waals surface area contributed by atoms with Gasteiger partial charge in [-0.2, -0.15) is 0 Å². The number of esters is 1. The van der Waals surface area contributed by atoms with Crippen molar-refractivity contribution in [2.75, 3.05) is 29.9 Å². The quantitative estimate of drug-likeness (QED) is 0.370. The number of nitrogens with zero attached hydrogens (tertiary/aromatic N) is 3. The highest BCUT2D eigenvalue weighted by atomic mass is 35.5. The van der Waals surface area contributed by atoms with Gasteiger partial charge in [-0.15, -0.1) is 0 Å². The lowest BCUT2D eigenvalue weighted by Crippen LogP contribution is -2.30. The van der Waals surface area contributed by atoms with Gasteiger partial charge >= 0.3 is 5.97 Å². The fourth-order valence-electron chi connectivity index (χ4n) is 3.32. The van der Waals surface area contributed by atoms with Gasteiger partial charge in [0.2, 0.25) is 0 Å². The summed E-state index contributed by atoms with van der Waals surface area (Å²) in [5.74, 6) is -1.63. The van der Waals surface area contributed by atoms with Gasteiger partial charge in [0.1, 0.15) is 5.69 Å². The molecule has 1 amide bonds. The number of carbonyl (C=O) groups excluding carboxylic acids is 2. The first-order chi connectivity index (χ1) is 15.3. The second-order valence-electron chi connectivity index (χ2n) is 7.05. The molecule has 0 spiro atoms. The highest BCUT2D eigenvalue weighted by molar-refractivity contribution is 6.34. The van der Waals surface area contributed by atoms with Crippen LogP contribution in [0.5, 0.6) is 0 Å². The van der Waals surface area contributed by atoms with Gasteiger partial charge in [0.15, 0.2) is 6.61 Å². The number of halogens is 1. The monoisotopic (exact) mass is 462 g/mol. The molecular formula is C20H19ClN4O7.